The smallest absolute Gasteiger partial charge is 1.00 e. The van der Waals surface area contributed by atoms with E-state index in [-0.39, 0.29) is 46.8 Å². The quantitative estimate of drug-likeness (QED) is 0.354. The van der Waals surface area contributed by atoms with Crippen molar-refractivity contribution in [2.75, 3.05) is 6.16 Å². The van der Waals surface area contributed by atoms with Crippen LogP contribution in [0.15, 0.2) is 0 Å². The molecule has 5 heteroatoms. The molecule has 0 bridgehead atoms. The first-order chi connectivity index (χ1) is 2.56. The molecule has 0 radical (unpaired) electrons. The zero-order valence-corrected chi connectivity index (χ0v) is 7.31. The second kappa shape index (κ2) is 4.45. The van der Waals surface area contributed by atoms with Crippen molar-refractivity contribution < 1.29 is 17.5 Å². The van der Waals surface area contributed by atoms with Gasteiger partial charge in [-0.15, -0.1) is 0 Å². The normalized spacial score (nSPS) is 10.3. The standard InChI is InChI=1S/C2H8O3P.Ca.2H/c1-2-6(3,4)5;;;/h3-5H,2H2,1H3;;;/q+1;+2;2*-1. The second-order valence-corrected chi connectivity index (χ2v) is 3.03. The summed E-state index contributed by atoms with van der Waals surface area (Å²) < 4.78 is 0. The van der Waals surface area contributed by atoms with Crippen LogP contribution in [0.3, 0.4) is 0 Å². The Balaban J connectivity index is -0.0000000417. The molecule has 3 N–H and O–H groups in total. The molecule has 0 aromatic carbocycles. The zero-order valence-electron chi connectivity index (χ0n) is 6.20. The molecule has 0 aliphatic heterocycles. The maximum absolute atomic E-state index is 8.05. The van der Waals surface area contributed by atoms with Crippen molar-refractivity contribution in [3.63, 3.8) is 0 Å². The minimum absolute atomic E-state index is 0. The molecule has 42 valence electrons. The summed E-state index contributed by atoms with van der Waals surface area (Å²) in [5, 5.41) is 0. The van der Waals surface area contributed by atoms with Crippen LogP contribution in [-0.2, 0) is 0 Å². The summed E-state index contributed by atoms with van der Waals surface area (Å²) >= 11 is 0. The van der Waals surface area contributed by atoms with E-state index in [0.717, 1.165) is 0 Å². The van der Waals surface area contributed by atoms with Gasteiger partial charge < -0.3 is 2.85 Å². The van der Waals surface area contributed by atoms with Crippen LogP contribution >= 0.6 is 7.94 Å². The largest absolute Gasteiger partial charge is 2.00 e. The van der Waals surface area contributed by atoms with Crippen LogP contribution in [0.5, 0.6) is 0 Å². The third kappa shape index (κ3) is 11.2. The minimum Gasteiger partial charge on any atom is -1.00 e. The summed E-state index contributed by atoms with van der Waals surface area (Å²) in [6.45, 7) is 1.51. The van der Waals surface area contributed by atoms with Crippen molar-refractivity contribution in [1.29, 1.82) is 0 Å². The molecule has 0 heterocycles. The van der Waals surface area contributed by atoms with Gasteiger partial charge in [0.2, 0.25) is 0 Å². The molecule has 0 aliphatic carbocycles. The van der Waals surface area contributed by atoms with Crippen molar-refractivity contribution in [2.45, 2.75) is 6.92 Å². The Morgan fingerprint density at radius 2 is 1.57 bits per heavy atom. The summed E-state index contributed by atoms with van der Waals surface area (Å²) in [7, 11) is -3.40. The van der Waals surface area contributed by atoms with Crippen molar-refractivity contribution >= 4 is 45.7 Å². The van der Waals surface area contributed by atoms with E-state index in [2.05, 4.69) is 0 Å². The molecule has 3 nitrogen and oxygen atoms in total. The predicted molar refractivity (Wildman–Crippen MR) is 32.1 cm³/mol. The Hall–Kier alpha value is 1.57. The second-order valence-electron chi connectivity index (χ2n) is 1.01. The number of hydrogen-bond donors (Lipinski definition) is 3. The molecule has 0 atom stereocenters. The van der Waals surface area contributed by atoms with E-state index < -0.39 is 7.94 Å². The third-order valence-electron chi connectivity index (χ3n) is 0.424. The van der Waals surface area contributed by atoms with E-state index >= 15 is 0 Å². The van der Waals surface area contributed by atoms with Crippen LogP contribution in [0, 0.1) is 0 Å². The maximum Gasteiger partial charge on any atom is 2.00 e. The van der Waals surface area contributed by atoms with Crippen molar-refractivity contribution in [1.82, 2.24) is 0 Å². The molecule has 0 fully saturated rings. The van der Waals surface area contributed by atoms with Gasteiger partial charge in [-0.2, -0.15) is 14.7 Å². The van der Waals surface area contributed by atoms with Crippen molar-refractivity contribution in [2.24, 2.45) is 0 Å². The summed E-state index contributed by atoms with van der Waals surface area (Å²) in [6, 6.07) is 0. The molecule has 0 unspecified atom stereocenters. The molecular weight excluding hydrogens is 143 g/mol. The van der Waals surface area contributed by atoms with Gasteiger partial charge in [0.25, 0.3) is 0 Å². The molecule has 7 heavy (non-hydrogen) atoms. The molecule has 0 aliphatic rings. The number of rotatable bonds is 1. The average Bonchev–Trinajstić information content (AvgIpc) is 1.35. The predicted octanol–water partition coefficient (Wildman–Crippen LogP) is -0.410. The van der Waals surface area contributed by atoms with Crippen LogP contribution in [0.25, 0.3) is 0 Å². The molecular formula is C2H10CaO3P+. The zero-order chi connectivity index (χ0) is 5.21. The van der Waals surface area contributed by atoms with E-state index in [0.29, 0.717) is 0 Å². The monoisotopic (exact) mass is 153 g/mol. The van der Waals surface area contributed by atoms with Gasteiger partial charge in [-0.25, -0.2) is 0 Å². The summed E-state index contributed by atoms with van der Waals surface area (Å²) in [4.78, 5) is 24.1. The third-order valence-corrected chi connectivity index (χ3v) is 1.27. The van der Waals surface area contributed by atoms with Crippen LogP contribution in [0.2, 0.25) is 0 Å². The van der Waals surface area contributed by atoms with Gasteiger partial charge in [-0.05, 0) is 6.92 Å². The molecule has 0 aromatic heterocycles. The van der Waals surface area contributed by atoms with Gasteiger partial charge in [0.15, 0.2) is 0 Å². The summed E-state index contributed by atoms with van der Waals surface area (Å²) in [5.74, 6) is 0. The van der Waals surface area contributed by atoms with Gasteiger partial charge >= 0.3 is 45.7 Å². The van der Waals surface area contributed by atoms with Crippen LogP contribution in [0.4, 0.5) is 0 Å². The fraction of sp³-hybridized carbons (Fsp3) is 1.00. The van der Waals surface area contributed by atoms with Crippen LogP contribution in [-0.4, -0.2) is 58.6 Å². The van der Waals surface area contributed by atoms with Gasteiger partial charge in [-0.3, -0.25) is 0 Å². The van der Waals surface area contributed by atoms with Crippen molar-refractivity contribution in [3.05, 3.63) is 0 Å². The van der Waals surface area contributed by atoms with E-state index in [9.17, 15) is 0 Å². The van der Waals surface area contributed by atoms with Gasteiger partial charge in [0, 0.05) is 0 Å². The fourth-order valence-electron chi connectivity index (χ4n) is 0. The SMILES string of the molecule is CC[P+](O)(O)O.[Ca+2].[H-].[H-]. The Kier molecular flexibility index (Phi) is 7.23. The molecule has 0 aromatic rings. The van der Waals surface area contributed by atoms with E-state index in [1.165, 1.54) is 6.92 Å². The summed E-state index contributed by atoms with van der Waals surface area (Å²) in [5.41, 5.74) is 0. The molecule has 0 saturated heterocycles. The average molecular weight is 153 g/mol. The van der Waals surface area contributed by atoms with Gasteiger partial charge in [0.1, 0.15) is 6.16 Å². The Bertz CT molecular complexity index is 49.6. The Morgan fingerprint density at radius 3 is 1.57 bits per heavy atom. The topological polar surface area (TPSA) is 60.7 Å². The van der Waals surface area contributed by atoms with Crippen molar-refractivity contribution in [3.8, 4) is 0 Å². The minimum atomic E-state index is -3.40. The van der Waals surface area contributed by atoms with Gasteiger partial charge in [0.05, 0.1) is 0 Å². The van der Waals surface area contributed by atoms with E-state index in [4.69, 9.17) is 14.7 Å². The molecule has 0 amide bonds. The molecule has 0 rings (SSSR count). The summed E-state index contributed by atoms with van der Waals surface area (Å²) in [6.07, 6.45) is 0.0486. The number of hydrogen-bond acceptors (Lipinski definition) is 3. The first-order valence-electron chi connectivity index (χ1n) is 1.62. The van der Waals surface area contributed by atoms with E-state index in [1.807, 2.05) is 0 Å². The van der Waals surface area contributed by atoms with Crippen LogP contribution in [0.1, 0.15) is 9.78 Å². The van der Waals surface area contributed by atoms with Gasteiger partial charge in [-0.1, -0.05) is 0 Å². The van der Waals surface area contributed by atoms with Crippen LogP contribution < -0.4 is 0 Å². The first kappa shape index (κ1) is 11.4. The Morgan fingerprint density at radius 1 is 1.43 bits per heavy atom. The molecule has 0 spiro atoms. The Labute approximate surface area is 75.9 Å². The van der Waals surface area contributed by atoms with E-state index in [1.54, 1.807) is 0 Å². The fourth-order valence-corrected chi connectivity index (χ4v) is 0. The molecule has 0 saturated carbocycles. The first-order valence-corrected chi connectivity index (χ1v) is 3.46. The maximum atomic E-state index is 8.05.